The minimum Gasteiger partial charge on any atom is -0.478 e. The number of aromatic carboxylic acids is 1. The van der Waals surface area contributed by atoms with E-state index in [1.54, 1.807) is 23.0 Å². The lowest BCUT2D eigenvalue weighted by Gasteiger charge is -2.10. The molecule has 8 nitrogen and oxygen atoms in total. The number of halogens is 1. The van der Waals surface area contributed by atoms with Gasteiger partial charge in [0, 0.05) is 12.4 Å². The zero-order valence-corrected chi connectivity index (χ0v) is 14.0. The van der Waals surface area contributed by atoms with Crippen LogP contribution in [0.15, 0.2) is 42.7 Å². The number of carboxylic acid groups (broad SMARTS) is 1. The van der Waals surface area contributed by atoms with Crippen molar-refractivity contribution in [3.8, 4) is 24.2 Å². The molecule has 0 aliphatic heterocycles. The van der Waals surface area contributed by atoms with Crippen molar-refractivity contribution >= 4 is 17.6 Å². The second-order valence-corrected chi connectivity index (χ2v) is 5.48. The van der Waals surface area contributed by atoms with Gasteiger partial charge < -0.3 is 15.0 Å². The molecule has 0 saturated carbocycles. The molecule has 1 amide bonds. The molecule has 0 bridgehead atoms. The standard InChI is InChI=1S/C19H10FN5O3/c1-2-12-7-16(13(19(27)28)8-14(12)20)22-18(26)15-3-4-17(24-23-15)25-6-5-11(9-21)10-25/h1,3-8,10H,(H,22,26)(H,27,28). The van der Waals surface area contributed by atoms with E-state index in [4.69, 9.17) is 11.7 Å². The number of carboxylic acids is 1. The van der Waals surface area contributed by atoms with Gasteiger partial charge in [0.1, 0.15) is 11.9 Å². The fourth-order valence-corrected chi connectivity index (χ4v) is 2.34. The summed E-state index contributed by atoms with van der Waals surface area (Å²) in [5.74, 6) is -0.613. The number of hydrogen-bond donors (Lipinski definition) is 2. The summed E-state index contributed by atoms with van der Waals surface area (Å²) in [4.78, 5) is 23.7. The molecule has 0 spiro atoms. The van der Waals surface area contributed by atoms with Crippen LogP contribution in [-0.4, -0.2) is 31.7 Å². The number of carbonyl (C=O) groups is 2. The van der Waals surface area contributed by atoms with Crippen LogP contribution in [0.5, 0.6) is 0 Å². The number of terminal acetylenes is 1. The third kappa shape index (κ3) is 3.54. The molecule has 2 aromatic heterocycles. The summed E-state index contributed by atoms with van der Waals surface area (Å²) in [5, 5.41) is 28.1. The van der Waals surface area contributed by atoms with E-state index in [1.807, 2.05) is 6.07 Å². The minimum atomic E-state index is -1.43. The number of rotatable bonds is 4. The Labute approximate surface area is 157 Å². The van der Waals surface area contributed by atoms with Crippen molar-refractivity contribution in [3.63, 3.8) is 0 Å². The first kappa shape index (κ1) is 18.3. The Bertz CT molecular complexity index is 1170. The molecule has 0 saturated heterocycles. The topological polar surface area (TPSA) is 121 Å². The van der Waals surface area contributed by atoms with Crippen LogP contribution in [0.4, 0.5) is 10.1 Å². The third-order valence-corrected chi connectivity index (χ3v) is 3.71. The first-order chi connectivity index (χ1) is 13.4. The van der Waals surface area contributed by atoms with Crippen molar-refractivity contribution < 1.29 is 19.1 Å². The SMILES string of the molecule is C#Cc1cc(NC(=O)c2ccc(-n3ccc(C#N)c3)nn2)c(C(=O)O)cc1F. The second kappa shape index (κ2) is 7.40. The molecule has 0 unspecified atom stereocenters. The Hall–Kier alpha value is -4.50. The Kier molecular flexibility index (Phi) is 4.83. The molecular weight excluding hydrogens is 365 g/mol. The highest BCUT2D eigenvalue weighted by molar-refractivity contribution is 6.06. The van der Waals surface area contributed by atoms with Gasteiger partial charge in [-0.25, -0.2) is 9.18 Å². The number of benzene rings is 1. The van der Waals surface area contributed by atoms with Gasteiger partial charge in [-0.1, -0.05) is 5.92 Å². The van der Waals surface area contributed by atoms with Gasteiger partial charge in [-0.3, -0.25) is 4.79 Å². The molecule has 0 fully saturated rings. The summed E-state index contributed by atoms with van der Waals surface area (Å²) in [6.07, 6.45) is 8.33. The van der Waals surface area contributed by atoms with Crippen molar-refractivity contribution in [2.75, 3.05) is 5.32 Å². The minimum absolute atomic E-state index is 0.0978. The predicted octanol–water partition coefficient (Wildman–Crippen LogP) is 2.21. The first-order valence-corrected chi connectivity index (χ1v) is 7.70. The Morgan fingerprint density at radius 2 is 2.04 bits per heavy atom. The molecule has 3 rings (SSSR count). The molecule has 1 aromatic carbocycles. The van der Waals surface area contributed by atoms with Crippen LogP contribution in [0.3, 0.4) is 0 Å². The lowest BCUT2D eigenvalue weighted by molar-refractivity contribution is 0.0697. The van der Waals surface area contributed by atoms with E-state index in [1.165, 1.54) is 12.1 Å². The van der Waals surface area contributed by atoms with Crippen LogP contribution in [0, 0.1) is 29.5 Å². The fourth-order valence-electron chi connectivity index (χ4n) is 2.34. The molecule has 136 valence electrons. The zero-order valence-electron chi connectivity index (χ0n) is 14.0. The van der Waals surface area contributed by atoms with Crippen molar-refractivity contribution in [1.29, 1.82) is 5.26 Å². The first-order valence-electron chi connectivity index (χ1n) is 7.70. The summed E-state index contributed by atoms with van der Waals surface area (Å²) in [6, 6.07) is 8.23. The van der Waals surface area contributed by atoms with Crippen LogP contribution in [0.25, 0.3) is 5.82 Å². The van der Waals surface area contributed by atoms with Crippen molar-refractivity contribution in [2.45, 2.75) is 0 Å². The zero-order chi connectivity index (χ0) is 20.3. The van der Waals surface area contributed by atoms with Crippen molar-refractivity contribution in [2.24, 2.45) is 0 Å². The molecule has 2 N–H and O–H groups in total. The van der Waals surface area contributed by atoms with Gasteiger partial charge in [0.05, 0.1) is 22.4 Å². The number of nitrogens with zero attached hydrogens (tertiary/aromatic N) is 4. The summed E-state index contributed by atoms with van der Waals surface area (Å²) in [6.45, 7) is 0. The molecule has 0 radical (unpaired) electrons. The Morgan fingerprint density at radius 1 is 1.25 bits per heavy atom. The number of hydrogen-bond acceptors (Lipinski definition) is 5. The second-order valence-electron chi connectivity index (χ2n) is 5.48. The molecule has 0 aliphatic rings. The normalized spacial score (nSPS) is 9.96. The average Bonchev–Trinajstić information content (AvgIpc) is 3.18. The number of amides is 1. The van der Waals surface area contributed by atoms with Gasteiger partial charge in [-0.05, 0) is 30.3 Å². The largest absolute Gasteiger partial charge is 0.478 e. The van der Waals surface area contributed by atoms with Gasteiger partial charge in [0.2, 0.25) is 0 Å². The van der Waals surface area contributed by atoms with Gasteiger partial charge in [0.25, 0.3) is 5.91 Å². The quantitative estimate of drug-likeness (QED) is 0.675. The van der Waals surface area contributed by atoms with E-state index in [9.17, 15) is 19.1 Å². The lowest BCUT2D eigenvalue weighted by Crippen LogP contribution is -2.17. The lowest BCUT2D eigenvalue weighted by atomic mass is 10.1. The molecule has 28 heavy (non-hydrogen) atoms. The van der Waals surface area contributed by atoms with Gasteiger partial charge in [-0.15, -0.1) is 16.6 Å². The predicted molar refractivity (Wildman–Crippen MR) is 95.3 cm³/mol. The van der Waals surface area contributed by atoms with Gasteiger partial charge in [0.15, 0.2) is 11.5 Å². The van der Waals surface area contributed by atoms with Crippen LogP contribution >= 0.6 is 0 Å². The van der Waals surface area contributed by atoms with E-state index < -0.39 is 23.3 Å². The summed E-state index contributed by atoms with van der Waals surface area (Å²) < 4.78 is 15.3. The Morgan fingerprint density at radius 3 is 2.61 bits per heavy atom. The van der Waals surface area contributed by atoms with Gasteiger partial charge >= 0.3 is 5.97 Å². The van der Waals surface area contributed by atoms with Crippen LogP contribution in [-0.2, 0) is 0 Å². The Balaban J connectivity index is 1.86. The third-order valence-electron chi connectivity index (χ3n) is 3.71. The maximum atomic E-state index is 13.7. The van der Waals surface area contributed by atoms with E-state index >= 15 is 0 Å². The molecular formula is C19H10FN5O3. The molecule has 3 aromatic rings. The van der Waals surface area contributed by atoms with Crippen LogP contribution in [0.2, 0.25) is 0 Å². The molecule has 0 aliphatic carbocycles. The number of nitrogens with one attached hydrogen (secondary N) is 1. The molecule has 0 atom stereocenters. The number of aromatic nitrogens is 3. The van der Waals surface area contributed by atoms with E-state index in [2.05, 4.69) is 21.4 Å². The maximum absolute atomic E-state index is 13.7. The smallest absolute Gasteiger partial charge is 0.337 e. The summed E-state index contributed by atoms with van der Waals surface area (Å²) in [5.41, 5.74) is -0.472. The molecule has 9 heteroatoms. The van der Waals surface area contributed by atoms with Crippen molar-refractivity contribution in [3.05, 3.63) is 70.9 Å². The highest BCUT2D eigenvalue weighted by Gasteiger charge is 2.18. The summed E-state index contributed by atoms with van der Waals surface area (Å²) >= 11 is 0. The van der Waals surface area contributed by atoms with E-state index in [-0.39, 0.29) is 16.9 Å². The number of nitriles is 1. The number of anilines is 1. The highest BCUT2D eigenvalue weighted by atomic mass is 19.1. The molecule has 2 heterocycles. The monoisotopic (exact) mass is 375 g/mol. The van der Waals surface area contributed by atoms with E-state index in [0.29, 0.717) is 11.4 Å². The van der Waals surface area contributed by atoms with E-state index in [0.717, 1.165) is 12.1 Å². The highest BCUT2D eigenvalue weighted by Crippen LogP contribution is 2.21. The van der Waals surface area contributed by atoms with Crippen LogP contribution in [0.1, 0.15) is 32.0 Å². The average molecular weight is 375 g/mol. The van der Waals surface area contributed by atoms with Crippen LogP contribution < -0.4 is 5.32 Å². The maximum Gasteiger partial charge on any atom is 0.337 e. The van der Waals surface area contributed by atoms with Crippen molar-refractivity contribution in [1.82, 2.24) is 14.8 Å². The number of carbonyl (C=O) groups excluding carboxylic acids is 1. The summed E-state index contributed by atoms with van der Waals surface area (Å²) in [7, 11) is 0. The fraction of sp³-hybridized carbons (Fsp3) is 0. The van der Waals surface area contributed by atoms with Gasteiger partial charge in [-0.2, -0.15) is 5.26 Å².